The van der Waals surface area contributed by atoms with Crippen LogP contribution in [-0.4, -0.2) is 91.9 Å². The molecule has 2 saturated heterocycles. The van der Waals surface area contributed by atoms with Crippen LogP contribution < -0.4 is 9.80 Å². The lowest BCUT2D eigenvalue weighted by molar-refractivity contribution is -0.385. The van der Waals surface area contributed by atoms with E-state index in [4.69, 9.17) is 0 Å². The van der Waals surface area contributed by atoms with Crippen molar-refractivity contribution in [3.05, 3.63) is 46.8 Å². The van der Waals surface area contributed by atoms with Gasteiger partial charge in [0.15, 0.2) is 0 Å². The maximum absolute atomic E-state index is 12.9. The van der Waals surface area contributed by atoms with E-state index in [0.717, 1.165) is 43.9 Å². The number of non-ortho nitro benzene ring substituents is 1. The number of hydrogen-bond acceptors (Lipinski definition) is 9. The van der Waals surface area contributed by atoms with E-state index in [1.54, 1.807) is 6.33 Å². The monoisotopic (exact) mass is 447 g/mol. The summed E-state index contributed by atoms with van der Waals surface area (Å²) in [7, 11) is -1.70. The lowest BCUT2D eigenvalue weighted by atomic mass is 10.3. The molecule has 4 rings (SSSR count). The topological polar surface area (TPSA) is 116 Å². The maximum Gasteiger partial charge on any atom is 0.270 e. The number of hydrogen-bond donors (Lipinski definition) is 0. The molecule has 11 nitrogen and oxygen atoms in total. The van der Waals surface area contributed by atoms with Gasteiger partial charge in [-0.1, -0.05) is 6.07 Å². The fourth-order valence-electron chi connectivity index (χ4n) is 3.78. The van der Waals surface area contributed by atoms with Crippen molar-refractivity contribution < 1.29 is 13.3 Å². The molecule has 12 heteroatoms. The smallest absolute Gasteiger partial charge is 0.270 e. The zero-order valence-electron chi connectivity index (χ0n) is 17.3. The van der Waals surface area contributed by atoms with E-state index in [2.05, 4.69) is 26.8 Å². The predicted molar refractivity (Wildman–Crippen MR) is 116 cm³/mol. The average Bonchev–Trinajstić information content (AvgIpc) is 2.80. The Morgan fingerprint density at radius 2 is 1.48 bits per heavy atom. The van der Waals surface area contributed by atoms with E-state index in [0.29, 0.717) is 13.1 Å². The summed E-state index contributed by atoms with van der Waals surface area (Å²) in [6, 6.07) is 7.12. The summed E-state index contributed by atoms with van der Waals surface area (Å²) >= 11 is 0. The van der Waals surface area contributed by atoms with E-state index >= 15 is 0 Å². The van der Waals surface area contributed by atoms with Gasteiger partial charge >= 0.3 is 0 Å². The number of nitro benzene ring substituents is 1. The van der Waals surface area contributed by atoms with Crippen molar-refractivity contribution in [1.29, 1.82) is 0 Å². The summed E-state index contributed by atoms with van der Waals surface area (Å²) in [6.45, 7) is 5.28. The van der Waals surface area contributed by atoms with Crippen LogP contribution in [0, 0.1) is 10.1 Å². The minimum Gasteiger partial charge on any atom is -0.354 e. The van der Waals surface area contributed by atoms with Crippen LogP contribution in [0.4, 0.5) is 17.3 Å². The van der Waals surface area contributed by atoms with Gasteiger partial charge in [0.2, 0.25) is 10.0 Å². The van der Waals surface area contributed by atoms with Gasteiger partial charge in [-0.25, -0.2) is 18.4 Å². The van der Waals surface area contributed by atoms with Gasteiger partial charge in [-0.15, -0.1) is 0 Å². The van der Waals surface area contributed by atoms with E-state index in [-0.39, 0.29) is 23.7 Å². The molecule has 0 N–H and O–H groups in total. The molecular formula is C19H25N7O4S. The predicted octanol–water partition coefficient (Wildman–Crippen LogP) is 0.648. The van der Waals surface area contributed by atoms with Crippen molar-refractivity contribution >= 4 is 27.3 Å². The number of piperazine rings is 2. The fraction of sp³-hybridized carbons (Fsp3) is 0.474. The molecular weight excluding hydrogens is 422 g/mol. The summed E-state index contributed by atoms with van der Waals surface area (Å²) in [5.74, 6) is 1.65. The molecule has 0 atom stereocenters. The van der Waals surface area contributed by atoms with E-state index in [1.165, 1.54) is 22.5 Å². The standard InChI is InChI=1S/C19H25N7O4S/c1-22-5-7-23(8-6-22)18-14-19(21-15-20-18)24-9-11-25(12-10-24)31(29,30)17-4-2-3-16(13-17)26(27)28/h2-4,13-15H,5-12H2,1H3. The van der Waals surface area contributed by atoms with Crippen molar-refractivity contribution in [2.75, 3.05) is 69.2 Å². The SMILES string of the molecule is CN1CCN(c2cc(N3CCN(S(=O)(=O)c4cccc([N+](=O)[O-])c4)CC3)ncn2)CC1. The average molecular weight is 448 g/mol. The minimum absolute atomic E-state index is 0.0606. The van der Waals surface area contributed by atoms with Crippen molar-refractivity contribution in [3.8, 4) is 0 Å². The molecule has 1 aromatic heterocycles. The third kappa shape index (κ3) is 4.60. The quantitative estimate of drug-likeness (QED) is 0.481. The molecule has 0 bridgehead atoms. The highest BCUT2D eigenvalue weighted by Crippen LogP contribution is 2.24. The molecule has 0 aliphatic carbocycles. The molecule has 3 heterocycles. The Bertz CT molecular complexity index is 1050. The van der Waals surface area contributed by atoms with Gasteiger partial charge < -0.3 is 14.7 Å². The fourth-order valence-corrected chi connectivity index (χ4v) is 5.25. The minimum atomic E-state index is -3.80. The Balaban J connectivity index is 1.43. The zero-order chi connectivity index (χ0) is 22.0. The number of benzene rings is 1. The summed E-state index contributed by atoms with van der Waals surface area (Å²) in [6.07, 6.45) is 1.55. The molecule has 0 amide bonds. The first-order chi connectivity index (χ1) is 14.8. The molecule has 2 aromatic rings. The molecule has 0 saturated carbocycles. The van der Waals surface area contributed by atoms with Crippen molar-refractivity contribution in [2.24, 2.45) is 0 Å². The molecule has 0 radical (unpaired) electrons. The molecule has 2 aliphatic rings. The summed E-state index contributed by atoms with van der Waals surface area (Å²) in [4.78, 5) is 25.7. The van der Waals surface area contributed by atoms with Gasteiger partial charge in [0, 0.05) is 70.6 Å². The Kier molecular flexibility index (Phi) is 6.03. The number of nitrogens with zero attached hydrogens (tertiary/aromatic N) is 7. The highest BCUT2D eigenvalue weighted by atomic mass is 32.2. The van der Waals surface area contributed by atoms with Gasteiger partial charge in [0.05, 0.1) is 9.82 Å². The number of sulfonamides is 1. The molecule has 166 valence electrons. The van der Waals surface area contributed by atoms with E-state index < -0.39 is 14.9 Å². The Morgan fingerprint density at radius 3 is 2.06 bits per heavy atom. The second-order valence-electron chi connectivity index (χ2n) is 7.67. The first-order valence-corrected chi connectivity index (χ1v) is 11.5. The molecule has 31 heavy (non-hydrogen) atoms. The summed E-state index contributed by atoms with van der Waals surface area (Å²) in [5.41, 5.74) is -0.239. The molecule has 1 aromatic carbocycles. The molecule has 2 aliphatic heterocycles. The van der Waals surface area contributed by atoms with Crippen molar-refractivity contribution in [2.45, 2.75) is 4.90 Å². The van der Waals surface area contributed by atoms with Crippen LogP contribution >= 0.6 is 0 Å². The molecule has 0 spiro atoms. The van der Waals surface area contributed by atoms with Gasteiger partial charge in [-0.2, -0.15) is 4.31 Å². The van der Waals surface area contributed by atoms with Crippen LogP contribution in [0.1, 0.15) is 0 Å². The van der Waals surface area contributed by atoms with E-state index in [1.807, 2.05) is 11.0 Å². The first kappa shape index (κ1) is 21.4. The Morgan fingerprint density at radius 1 is 0.903 bits per heavy atom. The number of aromatic nitrogens is 2. The summed E-state index contributed by atoms with van der Waals surface area (Å²) in [5, 5.41) is 11.0. The highest BCUT2D eigenvalue weighted by Gasteiger charge is 2.30. The van der Waals surface area contributed by atoms with Gasteiger partial charge in [-0.05, 0) is 13.1 Å². The van der Waals surface area contributed by atoms with Crippen LogP contribution in [0.15, 0.2) is 41.6 Å². The normalized spacial score (nSPS) is 18.9. The number of anilines is 2. The van der Waals surface area contributed by atoms with Crippen LogP contribution in [0.3, 0.4) is 0 Å². The Labute approximate surface area is 181 Å². The second kappa shape index (κ2) is 8.73. The van der Waals surface area contributed by atoms with Crippen LogP contribution in [-0.2, 0) is 10.0 Å². The lowest BCUT2D eigenvalue weighted by Crippen LogP contribution is -2.49. The third-order valence-corrected chi connectivity index (χ3v) is 7.59. The lowest BCUT2D eigenvalue weighted by Gasteiger charge is -2.36. The summed E-state index contributed by atoms with van der Waals surface area (Å²) < 4.78 is 27.2. The number of likely N-dealkylation sites (N-methyl/N-ethyl adjacent to an activating group) is 1. The van der Waals surface area contributed by atoms with Gasteiger partial charge in [0.1, 0.15) is 18.0 Å². The third-order valence-electron chi connectivity index (χ3n) is 5.69. The maximum atomic E-state index is 12.9. The van der Waals surface area contributed by atoms with Crippen molar-refractivity contribution in [1.82, 2.24) is 19.2 Å². The van der Waals surface area contributed by atoms with E-state index in [9.17, 15) is 18.5 Å². The largest absolute Gasteiger partial charge is 0.354 e. The number of rotatable bonds is 5. The number of nitro groups is 1. The molecule has 0 unspecified atom stereocenters. The van der Waals surface area contributed by atoms with Gasteiger partial charge in [-0.3, -0.25) is 10.1 Å². The first-order valence-electron chi connectivity index (χ1n) is 10.1. The molecule has 2 fully saturated rings. The van der Waals surface area contributed by atoms with Crippen molar-refractivity contribution in [3.63, 3.8) is 0 Å². The van der Waals surface area contributed by atoms with Crippen LogP contribution in [0.5, 0.6) is 0 Å². The van der Waals surface area contributed by atoms with Crippen LogP contribution in [0.2, 0.25) is 0 Å². The van der Waals surface area contributed by atoms with Gasteiger partial charge in [0.25, 0.3) is 5.69 Å². The second-order valence-corrected chi connectivity index (χ2v) is 9.61. The van der Waals surface area contributed by atoms with Crippen LogP contribution in [0.25, 0.3) is 0 Å². The zero-order valence-corrected chi connectivity index (χ0v) is 18.1. The Hall–Kier alpha value is -2.83. The highest BCUT2D eigenvalue weighted by molar-refractivity contribution is 7.89.